The molecule has 0 unspecified atom stereocenters. The maximum absolute atomic E-state index is 4.38. The molecule has 5 heteroatoms. The zero-order chi connectivity index (χ0) is 12.3. The van der Waals surface area contributed by atoms with Gasteiger partial charge in [-0.2, -0.15) is 0 Å². The molecule has 0 atom stereocenters. The van der Waals surface area contributed by atoms with Gasteiger partial charge in [-0.05, 0) is 28.5 Å². The molecule has 4 nitrogen and oxygen atoms in total. The lowest BCUT2D eigenvalue weighted by Gasteiger charge is -2.35. The summed E-state index contributed by atoms with van der Waals surface area (Å²) in [4.78, 5) is 13.5. The highest BCUT2D eigenvalue weighted by Crippen LogP contribution is 2.12. The molecule has 2 rings (SSSR count). The summed E-state index contributed by atoms with van der Waals surface area (Å²) in [6, 6.07) is 0. The summed E-state index contributed by atoms with van der Waals surface area (Å²) >= 11 is 2.23. The van der Waals surface area contributed by atoms with E-state index in [0.29, 0.717) is 0 Å². The Balaban J connectivity index is 1.88. The van der Waals surface area contributed by atoms with Crippen molar-refractivity contribution in [2.24, 2.45) is 5.92 Å². The van der Waals surface area contributed by atoms with Gasteiger partial charge in [0.2, 0.25) is 5.95 Å². The normalized spacial score (nSPS) is 17.8. The summed E-state index contributed by atoms with van der Waals surface area (Å²) in [6.45, 7) is 10.0. The van der Waals surface area contributed by atoms with E-state index >= 15 is 0 Å². The average Bonchev–Trinajstić information content (AvgIpc) is 2.30. The Kier molecular flexibility index (Phi) is 4.55. The van der Waals surface area contributed by atoms with E-state index in [1.165, 1.54) is 6.54 Å². The van der Waals surface area contributed by atoms with Crippen LogP contribution in [0.25, 0.3) is 0 Å². The topological polar surface area (TPSA) is 32.3 Å². The zero-order valence-electron chi connectivity index (χ0n) is 10.4. The average molecular weight is 346 g/mol. The molecule has 17 heavy (non-hydrogen) atoms. The minimum Gasteiger partial charge on any atom is -0.338 e. The molecule has 0 aliphatic carbocycles. The van der Waals surface area contributed by atoms with Crippen LogP contribution in [-0.4, -0.2) is 47.6 Å². The molecule has 1 fully saturated rings. The Morgan fingerprint density at radius 1 is 1.18 bits per heavy atom. The summed E-state index contributed by atoms with van der Waals surface area (Å²) in [5.41, 5.74) is 0. The molecule has 0 bridgehead atoms. The highest BCUT2D eigenvalue weighted by Gasteiger charge is 2.18. The zero-order valence-corrected chi connectivity index (χ0v) is 12.6. The Bertz CT molecular complexity index is 344. The summed E-state index contributed by atoms with van der Waals surface area (Å²) in [5, 5.41) is 0. The van der Waals surface area contributed by atoms with Gasteiger partial charge in [0.05, 0.1) is 0 Å². The molecule has 1 aromatic heterocycles. The molecule has 2 heterocycles. The molecule has 1 aliphatic rings. The summed E-state index contributed by atoms with van der Waals surface area (Å²) < 4.78 is 1.09. The first-order valence-electron chi connectivity index (χ1n) is 6.10. The molecular formula is C12H19IN4. The van der Waals surface area contributed by atoms with E-state index in [1.54, 1.807) is 0 Å². The van der Waals surface area contributed by atoms with Gasteiger partial charge in [0.25, 0.3) is 0 Å². The van der Waals surface area contributed by atoms with Crippen LogP contribution in [0.3, 0.4) is 0 Å². The first-order chi connectivity index (χ1) is 8.15. The van der Waals surface area contributed by atoms with Crippen LogP contribution in [0.4, 0.5) is 5.95 Å². The first kappa shape index (κ1) is 13.0. The van der Waals surface area contributed by atoms with Gasteiger partial charge in [-0.1, -0.05) is 13.8 Å². The van der Waals surface area contributed by atoms with Crippen molar-refractivity contribution >= 4 is 28.5 Å². The first-order valence-corrected chi connectivity index (χ1v) is 7.18. The molecule has 94 valence electrons. The van der Waals surface area contributed by atoms with Crippen LogP contribution in [0.1, 0.15) is 13.8 Å². The van der Waals surface area contributed by atoms with Gasteiger partial charge in [0.1, 0.15) is 0 Å². The number of hydrogen-bond donors (Lipinski definition) is 0. The highest BCUT2D eigenvalue weighted by molar-refractivity contribution is 14.1. The Morgan fingerprint density at radius 2 is 1.76 bits per heavy atom. The van der Waals surface area contributed by atoms with Gasteiger partial charge in [0.15, 0.2) is 0 Å². The molecule has 1 aliphatic heterocycles. The lowest BCUT2D eigenvalue weighted by atomic mass is 10.2. The van der Waals surface area contributed by atoms with E-state index < -0.39 is 0 Å². The van der Waals surface area contributed by atoms with Crippen molar-refractivity contribution in [2.45, 2.75) is 13.8 Å². The van der Waals surface area contributed by atoms with Crippen LogP contribution in [0.2, 0.25) is 0 Å². The van der Waals surface area contributed by atoms with Crippen molar-refractivity contribution in [3.05, 3.63) is 16.0 Å². The van der Waals surface area contributed by atoms with Gasteiger partial charge in [-0.15, -0.1) is 0 Å². The largest absolute Gasteiger partial charge is 0.338 e. The molecular weight excluding hydrogens is 327 g/mol. The van der Waals surface area contributed by atoms with E-state index in [2.05, 4.69) is 56.2 Å². The molecule has 0 spiro atoms. The van der Waals surface area contributed by atoms with Crippen molar-refractivity contribution in [3.8, 4) is 0 Å². The minimum atomic E-state index is 0.746. The van der Waals surface area contributed by atoms with Crippen molar-refractivity contribution in [2.75, 3.05) is 37.6 Å². The molecule has 0 amide bonds. The van der Waals surface area contributed by atoms with Crippen LogP contribution in [0.5, 0.6) is 0 Å². The van der Waals surface area contributed by atoms with E-state index in [4.69, 9.17) is 0 Å². The number of hydrogen-bond acceptors (Lipinski definition) is 4. The fourth-order valence-corrected chi connectivity index (χ4v) is 2.39. The maximum Gasteiger partial charge on any atom is 0.225 e. The van der Waals surface area contributed by atoms with Gasteiger partial charge in [-0.3, -0.25) is 4.90 Å². The van der Waals surface area contributed by atoms with Crippen molar-refractivity contribution < 1.29 is 0 Å². The van der Waals surface area contributed by atoms with Crippen molar-refractivity contribution in [3.63, 3.8) is 0 Å². The Hall–Kier alpha value is -0.430. The second-order valence-electron chi connectivity index (χ2n) is 4.88. The lowest BCUT2D eigenvalue weighted by Crippen LogP contribution is -2.47. The third-order valence-corrected chi connectivity index (χ3v) is 3.44. The standard InChI is InChI=1S/C12H19IN4/c1-10(2)9-16-3-5-17(6-4-16)12-14-7-11(13)8-15-12/h7-8,10H,3-6,9H2,1-2H3. The SMILES string of the molecule is CC(C)CN1CCN(c2ncc(I)cn2)CC1. The minimum absolute atomic E-state index is 0.746. The number of nitrogens with zero attached hydrogens (tertiary/aromatic N) is 4. The van der Waals surface area contributed by atoms with Crippen molar-refractivity contribution in [1.82, 2.24) is 14.9 Å². The fraction of sp³-hybridized carbons (Fsp3) is 0.667. The van der Waals surface area contributed by atoms with Crippen LogP contribution in [0, 0.1) is 9.49 Å². The summed E-state index contributed by atoms with van der Waals surface area (Å²) in [5.74, 6) is 1.62. The number of rotatable bonds is 3. The number of anilines is 1. The van der Waals surface area contributed by atoms with Crippen molar-refractivity contribution in [1.29, 1.82) is 0 Å². The molecule has 0 radical (unpaired) electrons. The van der Waals surface area contributed by atoms with E-state index in [0.717, 1.165) is 41.6 Å². The van der Waals surface area contributed by atoms with Crippen LogP contribution in [-0.2, 0) is 0 Å². The predicted octanol–water partition coefficient (Wildman–Crippen LogP) is 1.86. The number of piperazine rings is 1. The molecule has 1 aromatic rings. The molecule has 0 aromatic carbocycles. The molecule has 0 N–H and O–H groups in total. The van der Waals surface area contributed by atoms with Crippen LogP contribution < -0.4 is 4.90 Å². The van der Waals surface area contributed by atoms with E-state index in [1.807, 2.05) is 12.4 Å². The van der Waals surface area contributed by atoms with Gasteiger partial charge < -0.3 is 4.90 Å². The quantitative estimate of drug-likeness (QED) is 0.782. The fourth-order valence-electron chi connectivity index (χ4n) is 2.12. The monoisotopic (exact) mass is 346 g/mol. The third-order valence-electron chi connectivity index (χ3n) is 2.89. The highest BCUT2D eigenvalue weighted by atomic mass is 127. The Labute approximate surface area is 117 Å². The second-order valence-corrected chi connectivity index (χ2v) is 6.13. The molecule has 0 saturated carbocycles. The maximum atomic E-state index is 4.38. The summed E-state index contributed by atoms with van der Waals surface area (Å²) in [6.07, 6.45) is 3.76. The molecule has 1 saturated heterocycles. The van der Waals surface area contributed by atoms with Crippen LogP contribution in [0.15, 0.2) is 12.4 Å². The lowest BCUT2D eigenvalue weighted by molar-refractivity contribution is 0.230. The van der Waals surface area contributed by atoms with E-state index in [9.17, 15) is 0 Å². The number of aromatic nitrogens is 2. The summed E-state index contributed by atoms with van der Waals surface area (Å²) in [7, 11) is 0. The Morgan fingerprint density at radius 3 is 2.29 bits per heavy atom. The van der Waals surface area contributed by atoms with Gasteiger partial charge in [0, 0.05) is 48.7 Å². The van der Waals surface area contributed by atoms with Gasteiger partial charge >= 0.3 is 0 Å². The van der Waals surface area contributed by atoms with Crippen LogP contribution >= 0.6 is 22.6 Å². The third kappa shape index (κ3) is 3.77. The number of halogens is 1. The van der Waals surface area contributed by atoms with E-state index in [-0.39, 0.29) is 0 Å². The second kappa shape index (κ2) is 5.95. The smallest absolute Gasteiger partial charge is 0.225 e. The van der Waals surface area contributed by atoms with Gasteiger partial charge in [-0.25, -0.2) is 9.97 Å². The predicted molar refractivity (Wildman–Crippen MR) is 78.2 cm³/mol.